The molecule has 1 unspecified atom stereocenters. The van der Waals surface area contributed by atoms with Gasteiger partial charge in [0, 0.05) is 13.1 Å². The molecule has 3 atom stereocenters. The third-order valence-corrected chi connectivity index (χ3v) is 5.44. The molecule has 4 N–H and O–H groups in total. The van der Waals surface area contributed by atoms with Crippen LogP contribution in [0.25, 0.3) is 0 Å². The first-order valence-corrected chi connectivity index (χ1v) is 13.3. The number of carbonyl (C=O) groups excluding carboxylic acids is 3. The van der Waals surface area contributed by atoms with Crippen LogP contribution >= 0.6 is 0 Å². The maximum absolute atomic E-state index is 13.0. The van der Waals surface area contributed by atoms with Crippen molar-refractivity contribution in [2.24, 2.45) is 5.92 Å². The Bertz CT molecular complexity index is 913. The summed E-state index contributed by atoms with van der Waals surface area (Å²) in [7, 11) is 0. The topological polar surface area (TPSA) is 146 Å². The highest BCUT2D eigenvalue weighted by molar-refractivity contribution is 5.93. The normalized spacial score (nSPS) is 15.8. The van der Waals surface area contributed by atoms with Gasteiger partial charge in [-0.2, -0.15) is 8.78 Å². The monoisotopic (exact) mass is 572 g/mol. The van der Waals surface area contributed by atoms with E-state index in [1.54, 1.807) is 0 Å². The molecule has 0 saturated carbocycles. The molecule has 1 aliphatic heterocycles. The van der Waals surface area contributed by atoms with E-state index >= 15 is 0 Å². The summed E-state index contributed by atoms with van der Waals surface area (Å²) in [5.41, 5.74) is 0.951. The highest BCUT2D eigenvalue weighted by atomic mass is 19.3. The average Bonchev–Trinajstić information content (AvgIpc) is 2.89. The van der Waals surface area contributed by atoms with E-state index < -0.39 is 49.1 Å². The predicted molar refractivity (Wildman–Crippen MR) is 144 cm³/mol. The number of halogens is 2. The van der Waals surface area contributed by atoms with Crippen molar-refractivity contribution in [2.75, 3.05) is 39.5 Å². The molecule has 11 nitrogen and oxygen atoms in total. The molecule has 1 aliphatic rings. The van der Waals surface area contributed by atoms with Crippen molar-refractivity contribution >= 4 is 23.7 Å². The Morgan fingerprint density at radius 3 is 2.10 bits per heavy atom. The van der Waals surface area contributed by atoms with E-state index in [9.17, 15) is 28.0 Å². The number of nitrogens with one attached hydrogen (secondary N) is 3. The molecule has 0 radical (unpaired) electrons. The third-order valence-electron chi connectivity index (χ3n) is 5.44. The van der Waals surface area contributed by atoms with Crippen molar-refractivity contribution in [3.05, 3.63) is 35.9 Å². The van der Waals surface area contributed by atoms with Crippen molar-refractivity contribution in [1.29, 1.82) is 0 Å². The number of benzene rings is 1. The van der Waals surface area contributed by atoms with Gasteiger partial charge in [0.15, 0.2) is 6.04 Å². The van der Waals surface area contributed by atoms with Gasteiger partial charge in [-0.15, -0.1) is 0 Å². The fourth-order valence-corrected chi connectivity index (χ4v) is 3.45. The molecule has 3 amide bonds. The van der Waals surface area contributed by atoms with E-state index in [0.29, 0.717) is 32.7 Å². The third kappa shape index (κ3) is 15.4. The lowest BCUT2D eigenvalue weighted by molar-refractivity contribution is -0.156. The zero-order valence-electron chi connectivity index (χ0n) is 23.5. The first-order valence-electron chi connectivity index (χ1n) is 13.3. The Balaban J connectivity index is 0.00000187. The number of carbonyl (C=O) groups is 4. The number of hydrogen-bond acceptors (Lipinski definition) is 7. The van der Waals surface area contributed by atoms with Crippen LogP contribution in [0.1, 0.15) is 39.7 Å². The minimum Gasteiger partial charge on any atom is -0.480 e. The summed E-state index contributed by atoms with van der Waals surface area (Å²) < 4.78 is 33.7. The fraction of sp³-hybridized carbons (Fsp3) is 0.630. The lowest BCUT2D eigenvalue weighted by Gasteiger charge is -2.27. The van der Waals surface area contributed by atoms with E-state index in [0.717, 1.165) is 11.5 Å². The summed E-state index contributed by atoms with van der Waals surface area (Å²) in [6.45, 7) is 5.94. The van der Waals surface area contributed by atoms with Crippen LogP contribution in [-0.4, -0.2) is 97.9 Å². The molecule has 0 aromatic heterocycles. The molecule has 2 rings (SSSR count). The van der Waals surface area contributed by atoms with Crippen LogP contribution in [0.15, 0.2) is 30.3 Å². The zero-order valence-corrected chi connectivity index (χ0v) is 23.5. The van der Waals surface area contributed by atoms with E-state index in [2.05, 4.69) is 41.5 Å². The summed E-state index contributed by atoms with van der Waals surface area (Å²) in [5.74, 6) is -2.65. The maximum atomic E-state index is 13.0. The molecule has 226 valence electrons. The molecule has 1 heterocycles. The fourth-order valence-electron chi connectivity index (χ4n) is 3.45. The summed E-state index contributed by atoms with van der Waals surface area (Å²) >= 11 is 0. The van der Waals surface area contributed by atoms with Gasteiger partial charge in [0.1, 0.15) is 12.1 Å². The van der Waals surface area contributed by atoms with Gasteiger partial charge in [-0.05, 0) is 31.2 Å². The number of rotatable bonds is 14. The summed E-state index contributed by atoms with van der Waals surface area (Å²) in [6, 6.07) is 5.42. The minimum absolute atomic E-state index is 0.0823. The molecule has 0 bridgehead atoms. The van der Waals surface area contributed by atoms with Gasteiger partial charge in [0.05, 0.1) is 26.4 Å². The van der Waals surface area contributed by atoms with Crippen LogP contribution < -0.4 is 16.0 Å². The van der Waals surface area contributed by atoms with E-state index in [4.69, 9.17) is 9.84 Å². The van der Waals surface area contributed by atoms with Crippen LogP contribution in [0.4, 0.5) is 8.78 Å². The summed E-state index contributed by atoms with van der Waals surface area (Å²) in [4.78, 5) is 51.1. The number of amides is 3. The Labute approximate surface area is 234 Å². The highest BCUT2D eigenvalue weighted by Gasteiger charge is 2.28. The van der Waals surface area contributed by atoms with Gasteiger partial charge >= 0.3 is 12.6 Å². The van der Waals surface area contributed by atoms with Gasteiger partial charge in [-0.25, -0.2) is 4.79 Å². The van der Waals surface area contributed by atoms with Crippen LogP contribution in [-0.2, 0) is 35.1 Å². The predicted octanol–water partition coefficient (Wildman–Crippen LogP) is 1.41. The van der Waals surface area contributed by atoms with Gasteiger partial charge in [-0.3, -0.25) is 19.3 Å². The Morgan fingerprint density at radius 1 is 0.950 bits per heavy atom. The molecule has 0 aliphatic carbocycles. The molecule has 40 heavy (non-hydrogen) atoms. The lowest BCUT2D eigenvalue weighted by Crippen LogP contribution is -2.56. The number of hydrogen-bond donors (Lipinski definition) is 4. The first-order chi connectivity index (χ1) is 18.9. The summed E-state index contributed by atoms with van der Waals surface area (Å²) in [5, 5.41) is 16.3. The van der Waals surface area contributed by atoms with Gasteiger partial charge in [0.25, 0.3) is 0 Å². The number of aliphatic carboxylic acids is 1. The van der Waals surface area contributed by atoms with Crippen LogP contribution in [0.5, 0.6) is 0 Å². The highest BCUT2D eigenvalue weighted by Crippen LogP contribution is 2.07. The van der Waals surface area contributed by atoms with E-state index in [1.807, 2.05) is 35.2 Å². The average molecular weight is 573 g/mol. The SMILES string of the molecule is CC(C)C.CC(NC(=O)[C@H](CCc1ccccc1)NC(=O)CN1CCOCC1)C(=O)N[C@@H](COC(F)F)C(=O)O. The first kappa shape index (κ1) is 34.9. The van der Waals surface area contributed by atoms with Crippen molar-refractivity contribution < 1.29 is 42.5 Å². The molecule has 1 fully saturated rings. The molecule has 13 heteroatoms. The van der Waals surface area contributed by atoms with Crippen molar-refractivity contribution in [1.82, 2.24) is 20.9 Å². The van der Waals surface area contributed by atoms with Gasteiger partial charge in [0.2, 0.25) is 17.7 Å². The quantitative estimate of drug-likeness (QED) is 0.262. The van der Waals surface area contributed by atoms with E-state index in [-0.39, 0.29) is 18.9 Å². The Hall–Kier alpha value is -3.16. The van der Waals surface area contributed by atoms with Crippen LogP contribution in [0, 0.1) is 5.92 Å². The second-order valence-corrected chi connectivity index (χ2v) is 9.99. The number of aryl methyl sites for hydroxylation is 1. The molecule has 1 saturated heterocycles. The standard InChI is InChI=1S/C23H32F2N4O7.C4H10/c1-15(20(31)28-18(22(33)34)14-36-23(24)25)26-21(32)17(8-7-16-5-3-2-4-6-16)27-19(30)13-29-9-11-35-12-10-29;1-4(2)3/h2-6,15,17-18,23H,7-14H2,1H3,(H,26,32)(H,27,30)(H,28,31)(H,33,34);4H,1-3H3/t15?,17-,18-;/m0./s1. The second-order valence-electron chi connectivity index (χ2n) is 9.99. The number of nitrogens with zero attached hydrogens (tertiary/aromatic N) is 1. The Kier molecular flexibility index (Phi) is 16.6. The number of alkyl halides is 2. The van der Waals surface area contributed by atoms with Crippen LogP contribution in [0.2, 0.25) is 0 Å². The van der Waals surface area contributed by atoms with Crippen molar-refractivity contribution in [2.45, 2.75) is 65.3 Å². The summed E-state index contributed by atoms with van der Waals surface area (Å²) in [6.07, 6.45) is 0.725. The molecular weight excluding hydrogens is 530 g/mol. The van der Waals surface area contributed by atoms with Crippen molar-refractivity contribution in [3.63, 3.8) is 0 Å². The van der Waals surface area contributed by atoms with Gasteiger partial charge < -0.3 is 30.5 Å². The minimum atomic E-state index is -3.20. The van der Waals surface area contributed by atoms with Gasteiger partial charge in [-0.1, -0.05) is 51.1 Å². The maximum Gasteiger partial charge on any atom is 0.345 e. The molecule has 0 spiro atoms. The Morgan fingerprint density at radius 2 is 1.55 bits per heavy atom. The molecule has 1 aromatic rings. The van der Waals surface area contributed by atoms with Crippen LogP contribution in [0.3, 0.4) is 0 Å². The van der Waals surface area contributed by atoms with Crippen molar-refractivity contribution in [3.8, 4) is 0 Å². The lowest BCUT2D eigenvalue weighted by atomic mass is 10.0. The number of ether oxygens (including phenoxy) is 2. The number of carboxylic acid groups (broad SMARTS) is 1. The zero-order chi connectivity index (χ0) is 30.1. The van der Waals surface area contributed by atoms with E-state index in [1.165, 1.54) is 6.92 Å². The second kappa shape index (κ2) is 19.0. The smallest absolute Gasteiger partial charge is 0.345 e. The molecule has 1 aromatic carbocycles. The number of carboxylic acids is 1. The largest absolute Gasteiger partial charge is 0.480 e. The number of morpholine rings is 1. The molecular formula is C27H42F2N4O7.